The molecule has 0 aromatic heterocycles. The second-order valence-electron chi connectivity index (χ2n) is 5.36. The minimum atomic E-state index is -0.692. The van der Waals surface area contributed by atoms with Gasteiger partial charge in [0.1, 0.15) is 0 Å². The SMILES string of the molecule is CC1(O)CCCN(C(=O)C2CCCCN2)C1. The van der Waals surface area contributed by atoms with Crippen molar-refractivity contribution in [1.29, 1.82) is 0 Å². The maximum absolute atomic E-state index is 12.2. The maximum Gasteiger partial charge on any atom is 0.239 e. The first-order valence-electron chi connectivity index (χ1n) is 6.33. The second-order valence-corrected chi connectivity index (χ2v) is 5.36. The van der Waals surface area contributed by atoms with E-state index in [0.29, 0.717) is 6.54 Å². The van der Waals surface area contributed by atoms with Crippen LogP contribution in [0.15, 0.2) is 0 Å². The van der Waals surface area contributed by atoms with E-state index >= 15 is 0 Å². The molecule has 2 N–H and O–H groups in total. The molecule has 0 aromatic carbocycles. The fraction of sp³-hybridized carbons (Fsp3) is 0.917. The predicted molar refractivity (Wildman–Crippen MR) is 62.1 cm³/mol. The summed E-state index contributed by atoms with van der Waals surface area (Å²) in [7, 11) is 0. The Labute approximate surface area is 97.0 Å². The van der Waals surface area contributed by atoms with Crippen molar-refractivity contribution in [2.45, 2.75) is 50.7 Å². The molecule has 2 rings (SSSR count). The summed E-state index contributed by atoms with van der Waals surface area (Å²) < 4.78 is 0. The monoisotopic (exact) mass is 226 g/mol. The minimum Gasteiger partial charge on any atom is -0.388 e. The Morgan fingerprint density at radius 2 is 2.25 bits per heavy atom. The first kappa shape index (κ1) is 11.9. The molecule has 2 saturated heterocycles. The smallest absolute Gasteiger partial charge is 0.239 e. The van der Waals surface area contributed by atoms with Crippen molar-refractivity contribution >= 4 is 5.91 Å². The summed E-state index contributed by atoms with van der Waals surface area (Å²) in [6, 6.07) is -0.0114. The van der Waals surface area contributed by atoms with Crippen LogP contribution in [0.25, 0.3) is 0 Å². The number of β-amino-alcohol motifs (C(OH)–C–C–N with tert-alkyl or cyclic N) is 1. The number of rotatable bonds is 1. The highest BCUT2D eigenvalue weighted by Gasteiger charge is 2.33. The highest BCUT2D eigenvalue weighted by Crippen LogP contribution is 2.21. The van der Waals surface area contributed by atoms with Gasteiger partial charge in [0.15, 0.2) is 0 Å². The predicted octanol–water partition coefficient (Wildman–Crippen LogP) is 0.502. The Hall–Kier alpha value is -0.610. The van der Waals surface area contributed by atoms with Crippen molar-refractivity contribution in [1.82, 2.24) is 10.2 Å². The molecule has 2 heterocycles. The standard InChI is InChI=1S/C12H22N2O2/c1-12(16)6-4-8-14(9-12)11(15)10-5-2-3-7-13-10/h10,13,16H,2-9H2,1H3. The van der Waals surface area contributed by atoms with Crippen LogP contribution in [0.2, 0.25) is 0 Å². The molecule has 0 bridgehead atoms. The zero-order chi connectivity index (χ0) is 11.6. The Bertz CT molecular complexity index is 260. The van der Waals surface area contributed by atoms with Crippen molar-refractivity contribution in [3.8, 4) is 0 Å². The molecule has 0 aliphatic carbocycles. The number of carbonyl (C=O) groups is 1. The van der Waals surface area contributed by atoms with Crippen molar-refractivity contribution in [3.63, 3.8) is 0 Å². The van der Waals surface area contributed by atoms with Gasteiger partial charge in [-0.05, 0) is 39.2 Å². The lowest BCUT2D eigenvalue weighted by atomic mass is 9.94. The van der Waals surface area contributed by atoms with E-state index in [0.717, 1.165) is 38.8 Å². The highest BCUT2D eigenvalue weighted by atomic mass is 16.3. The van der Waals surface area contributed by atoms with E-state index in [1.807, 2.05) is 11.8 Å². The number of amides is 1. The van der Waals surface area contributed by atoms with Crippen LogP contribution < -0.4 is 5.32 Å². The van der Waals surface area contributed by atoms with E-state index in [1.165, 1.54) is 6.42 Å². The molecule has 0 radical (unpaired) electrons. The number of nitrogens with zero attached hydrogens (tertiary/aromatic N) is 1. The van der Waals surface area contributed by atoms with Gasteiger partial charge in [-0.25, -0.2) is 0 Å². The van der Waals surface area contributed by atoms with Gasteiger partial charge in [0.05, 0.1) is 11.6 Å². The largest absolute Gasteiger partial charge is 0.388 e. The van der Waals surface area contributed by atoms with Crippen molar-refractivity contribution in [2.75, 3.05) is 19.6 Å². The molecular formula is C12H22N2O2. The molecule has 4 heteroatoms. The number of hydrogen-bond donors (Lipinski definition) is 2. The van der Waals surface area contributed by atoms with Gasteiger partial charge >= 0.3 is 0 Å². The van der Waals surface area contributed by atoms with Gasteiger partial charge in [-0.15, -0.1) is 0 Å². The Kier molecular flexibility index (Phi) is 3.50. The summed E-state index contributed by atoms with van der Waals surface area (Å²) >= 11 is 0. The molecule has 0 spiro atoms. The van der Waals surface area contributed by atoms with E-state index in [2.05, 4.69) is 5.32 Å². The topological polar surface area (TPSA) is 52.6 Å². The van der Waals surface area contributed by atoms with E-state index in [1.54, 1.807) is 0 Å². The quantitative estimate of drug-likeness (QED) is 0.684. The summed E-state index contributed by atoms with van der Waals surface area (Å²) in [6.07, 6.45) is 4.95. The fourth-order valence-electron chi connectivity index (χ4n) is 2.69. The molecule has 2 unspecified atom stereocenters. The molecule has 92 valence electrons. The van der Waals surface area contributed by atoms with Gasteiger partial charge in [-0.2, -0.15) is 0 Å². The summed E-state index contributed by atoms with van der Waals surface area (Å²) in [5.74, 6) is 0.180. The number of piperidine rings is 2. The lowest BCUT2D eigenvalue weighted by Gasteiger charge is -2.39. The van der Waals surface area contributed by atoms with Crippen LogP contribution in [-0.2, 0) is 4.79 Å². The number of aliphatic hydroxyl groups is 1. The lowest BCUT2D eigenvalue weighted by molar-refractivity contribution is -0.140. The summed E-state index contributed by atoms with van der Waals surface area (Å²) in [5, 5.41) is 13.2. The van der Waals surface area contributed by atoms with Gasteiger partial charge < -0.3 is 15.3 Å². The normalized spacial score (nSPS) is 36.1. The van der Waals surface area contributed by atoms with Crippen LogP contribution in [0.3, 0.4) is 0 Å². The van der Waals surface area contributed by atoms with E-state index in [-0.39, 0.29) is 11.9 Å². The molecule has 16 heavy (non-hydrogen) atoms. The van der Waals surface area contributed by atoms with Gasteiger partial charge in [0.2, 0.25) is 5.91 Å². The van der Waals surface area contributed by atoms with Gasteiger partial charge in [-0.1, -0.05) is 6.42 Å². The fourth-order valence-corrected chi connectivity index (χ4v) is 2.69. The molecule has 0 saturated carbocycles. The van der Waals surface area contributed by atoms with Crippen molar-refractivity contribution in [3.05, 3.63) is 0 Å². The molecule has 1 amide bonds. The number of likely N-dealkylation sites (tertiary alicyclic amines) is 1. The van der Waals surface area contributed by atoms with Crippen LogP contribution in [-0.4, -0.2) is 47.2 Å². The Morgan fingerprint density at radius 1 is 1.44 bits per heavy atom. The molecular weight excluding hydrogens is 204 g/mol. The van der Waals surface area contributed by atoms with E-state index < -0.39 is 5.60 Å². The second kappa shape index (κ2) is 4.72. The molecule has 2 atom stereocenters. The Morgan fingerprint density at radius 3 is 2.88 bits per heavy atom. The van der Waals surface area contributed by atoms with E-state index in [9.17, 15) is 9.90 Å². The average Bonchev–Trinajstić information content (AvgIpc) is 2.28. The van der Waals surface area contributed by atoms with Crippen LogP contribution in [0.4, 0.5) is 0 Å². The molecule has 2 aliphatic rings. The third kappa shape index (κ3) is 2.74. The van der Waals surface area contributed by atoms with Crippen LogP contribution in [0.5, 0.6) is 0 Å². The van der Waals surface area contributed by atoms with Gasteiger partial charge in [0, 0.05) is 13.1 Å². The number of carbonyl (C=O) groups excluding carboxylic acids is 1. The van der Waals surface area contributed by atoms with Crippen LogP contribution in [0.1, 0.15) is 39.0 Å². The van der Waals surface area contributed by atoms with E-state index in [4.69, 9.17) is 0 Å². The third-order valence-electron chi connectivity index (χ3n) is 3.59. The molecule has 2 fully saturated rings. The third-order valence-corrected chi connectivity index (χ3v) is 3.59. The maximum atomic E-state index is 12.2. The lowest BCUT2D eigenvalue weighted by Crippen LogP contribution is -2.55. The average molecular weight is 226 g/mol. The summed E-state index contributed by atoms with van der Waals surface area (Å²) in [5.41, 5.74) is -0.692. The van der Waals surface area contributed by atoms with Gasteiger partial charge in [-0.3, -0.25) is 4.79 Å². The summed E-state index contributed by atoms with van der Waals surface area (Å²) in [4.78, 5) is 14.0. The van der Waals surface area contributed by atoms with Crippen LogP contribution in [0, 0.1) is 0 Å². The zero-order valence-electron chi connectivity index (χ0n) is 10.0. The highest BCUT2D eigenvalue weighted by molar-refractivity contribution is 5.82. The molecule has 2 aliphatic heterocycles. The first-order valence-corrected chi connectivity index (χ1v) is 6.33. The zero-order valence-corrected chi connectivity index (χ0v) is 10.0. The van der Waals surface area contributed by atoms with Crippen molar-refractivity contribution < 1.29 is 9.90 Å². The van der Waals surface area contributed by atoms with Crippen molar-refractivity contribution in [2.24, 2.45) is 0 Å². The molecule has 0 aromatic rings. The van der Waals surface area contributed by atoms with Crippen LogP contribution >= 0.6 is 0 Å². The first-order chi connectivity index (χ1) is 7.58. The minimum absolute atomic E-state index is 0.0114. The molecule has 4 nitrogen and oxygen atoms in total. The Balaban J connectivity index is 1.93. The van der Waals surface area contributed by atoms with Gasteiger partial charge in [0.25, 0.3) is 0 Å². The number of nitrogens with one attached hydrogen (secondary N) is 1. The number of hydrogen-bond acceptors (Lipinski definition) is 3. The summed E-state index contributed by atoms with van der Waals surface area (Å²) in [6.45, 7) is 4.05.